The van der Waals surface area contributed by atoms with Gasteiger partial charge in [-0.25, -0.2) is 9.97 Å². The van der Waals surface area contributed by atoms with Crippen molar-refractivity contribution in [2.24, 2.45) is 0 Å². The van der Waals surface area contributed by atoms with Crippen LogP contribution < -0.4 is 25.4 Å². The molecule has 0 saturated heterocycles. The first-order valence-electron chi connectivity index (χ1n) is 16.2. The number of rotatable bonds is 0. The minimum Gasteiger partial charge on any atom is -0.478 e. The van der Waals surface area contributed by atoms with E-state index in [2.05, 4.69) is 35.9 Å². The molecule has 1 aromatic carbocycles. The zero-order valence-corrected chi connectivity index (χ0v) is 26.8. The van der Waals surface area contributed by atoms with E-state index >= 15 is 0 Å². The number of benzene rings is 1. The number of aryl methyl sites for hydroxylation is 2. The van der Waals surface area contributed by atoms with E-state index in [1.807, 2.05) is 38.1 Å². The standard InChI is InChI=1S/C36H39N7O4/c1-23-20-31-42-33-27(23)12-14-29(38-33)40-35(44)25-10-9-11-26(22-25)36(45)41-30-15-13-28-24(2)21-32(43-34(28)39-30)47-19-8-4-6-17-37-16-5-3-7-18-46-31/h9-15,20-22,37H,3-8,16-19H2,1-2H3,(H,38,40,42,44)(H,39,41,43,45). The first-order chi connectivity index (χ1) is 22.9. The van der Waals surface area contributed by atoms with Gasteiger partial charge in [-0.3, -0.25) is 9.59 Å². The molecular formula is C36H39N7O4. The van der Waals surface area contributed by atoms with E-state index in [0.717, 1.165) is 73.5 Å². The van der Waals surface area contributed by atoms with Crippen LogP contribution in [-0.4, -0.2) is 58.1 Å². The van der Waals surface area contributed by atoms with Crippen molar-refractivity contribution in [3.63, 3.8) is 0 Å². The molecule has 0 saturated carbocycles. The Bertz CT molecular complexity index is 1780. The lowest BCUT2D eigenvalue weighted by Gasteiger charge is -2.11. The molecule has 11 nitrogen and oxygen atoms in total. The van der Waals surface area contributed by atoms with Crippen LogP contribution in [0.5, 0.6) is 11.8 Å². The molecular weight excluding hydrogens is 594 g/mol. The highest BCUT2D eigenvalue weighted by Crippen LogP contribution is 2.24. The van der Waals surface area contributed by atoms with Crippen LogP contribution in [0.25, 0.3) is 22.1 Å². The second kappa shape index (κ2) is 15.0. The van der Waals surface area contributed by atoms with Crippen LogP contribution in [0.3, 0.4) is 0 Å². The van der Waals surface area contributed by atoms with Crippen molar-refractivity contribution in [2.45, 2.75) is 52.4 Å². The molecule has 5 aromatic rings. The first kappa shape index (κ1) is 31.8. The topological polar surface area (TPSA) is 140 Å². The molecule has 242 valence electrons. The minimum absolute atomic E-state index is 0.307. The number of hydrogen-bond acceptors (Lipinski definition) is 9. The molecule has 0 spiro atoms. The Kier molecular flexibility index (Phi) is 10.1. The Hall–Kier alpha value is -5.16. The van der Waals surface area contributed by atoms with Crippen LogP contribution in [0.4, 0.5) is 11.6 Å². The zero-order chi connectivity index (χ0) is 32.6. The molecule has 2 amide bonds. The van der Waals surface area contributed by atoms with Gasteiger partial charge in [-0.1, -0.05) is 6.07 Å². The number of anilines is 2. The van der Waals surface area contributed by atoms with Gasteiger partial charge in [0.25, 0.3) is 11.8 Å². The van der Waals surface area contributed by atoms with Crippen LogP contribution >= 0.6 is 0 Å². The Labute approximate surface area is 273 Å². The van der Waals surface area contributed by atoms with Crippen molar-refractivity contribution in [3.05, 3.63) is 82.9 Å². The average Bonchev–Trinajstić information content (AvgIpc) is 3.06. The van der Waals surface area contributed by atoms with E-state index in [1.54, 1.807) is 30.3 Å². The fourth-order valence-electron chi connectivity index (χ4n) is 5.48. The molecule has 0 atom stereocenters. The number of nitrogens with zero attached hydrogens (tertiary/aromatic N) is 4. The van der Waals surface area contributed by atoms with Gasteiger partial charge < -0.3 is 25.4 Å². The van der Waals surface area contributed by atoms with Gasteiger partial charge in [-0.2, -0.15) is 9.97 Å². The molecule has 6 rings (SSSR count). The predicted molar refractivity (Wildman–Crippen MR) is 182 cm³/mol. The lowest BCUT2D eigenvalue weighted by molar-refractivity contribution is 0.102. The van der Waals surface area contributed by atoms with Crippen LogP contribution in [0, 0.1) is 13.8 Å². The van der Waals surface area contributed by atoms with Crippen molar-refractivity contribution in [1.82, 2.24) is 25.3 Å². The van der Waals surface area contributed by atoms with Crippen LogP contribution in [-0.2, 0) is 0 Å². The number of carbonyl (C=O) groups excluding carboxylic acids is 2. The molecule has 8 bridgehead atoms. The number of ether oxygens (including phenoxy) is 2. The van der Waals surface area contributed by atoms with Crippen molar-refractivity contribution < 1.29 is 19.1 Å². The zero-order valence-electron chi connectivity index (χ0n) is 26.8. The minimum atomic E-state index is -0.402. The number of hydrogen-bond donors (Lipinski definition) is 3. The highest BCUT2D eigenvalue weighted by atomic mass is 16.5. The molecule has 11 heteroatoms. The number of amides is 2. The van der Waals surface area contributed by atoms with Crippen LogP contribution in [0.15, 0.2) is 60.7 Å². The quantitative estimate of drug-likeness (QED) is 0.177. The molecule has 0 fully saturated rings. The molecule has 4 aromatic heterocycles. The number of pyridine rings is 4. The number of nitrogens with one attached hydrogen (secondary N) is 3. The molecule has 1 aliphatic rings. The summed E-state index contributed by atoms with van der Waals surface area (Å²) in [5, 5.41) is 10.9. The van der Waals surface area contributed by atoms with E-state index < -0.39 is 11.8 Å². The molecule has 1 aliphatic heterocycles. The molecule has 5 heterocycles. The third-order valence-corrected chi connectivity index (χ3v) is 8.08. The summed E-state index contributed by atoms with van der Waals surface area (Å²) in [6, 6.07) is 17.5. The van der Waals surface area contributed by atoms with Crippen molar-refractivity contribution >= 4 is 45.5 Å². The lowest BCUT2D eigenvalue weighted by Crippen LogP contribution is -2.17. The van der Waals surface area contributed by atoms with Gasteiger partial charge in [0.2, 0.25) is 11.8 Å². The summed E-state index contributed by atoms with van der Waals surface area (Å²) >= 11 is 0. The van der Waals surface area contributed by atoms with Gasteiger partial charge in [0, 0.05) is 34.0 Å². The van der Waals surface area contributed by atoms with Gasteiger partial charge in [0.05, 0.1) is 13.2 Å². The first-order valence-corrected chi connectivity index (χ1v) is 16.2. The summed E-state index contributed by atoms with van der Waals surface area (Å²) in [5.41, 5.74) is 3.57. The second-order valence-corrected chi connectivity index (χ2v) is 11.7. The normalized spacial score (nSPS) is 15.7. The van der Waals surface area contributed by atoms with E-state index in [9.17, 15) is 9.59 Å². The highest BCUT2D eigenvalue weighted by Gasteiger charge is 2.15. The summed E-state index contributed by atoms with van der Waals surface area (Å²) in [6.07, 6.45) is 6.13. The SMILES string of the molecule is Cc1cc2nc3nc(ccc13)NC(=O)c1cccc(c1)C(=O)Nc1ccc3c(C)cc(nc3n1)OCCCCCNCCCCCO2. The molecule has 3 N–H and O–H groups in total. The van der Waals surface area contributed by atoms with Gasteiger partial charge in [0.15, 0.2) is 11.3 Å². The summed E-state index contributed by atoms with van der Waals surface area (Å²) in [6.45, 7) is 7.06. The molecule has 0 unspecified atom stereocenters. The third kappa shape index (κ3) is 8.17. The largest absolute Gasteiger partial charge is 0.478 e. The summed E-state index contributed by atoms with van der Waals surface area (Å²) in [4.78, 5) is 44.8. The predicted octanol–water partition coefficient (Wildman–Crippen LogP) is 6.40. The van der Waals surface area contributed by atoms with Crippen LogP contribution in [0.1, 0.15) is 70.4 Å². The maximum absolute atomic E-state index is 13.2. The van der Waals surface area contributed by atoms with Crippen molar-refractivity contribution in [1.29, 1.82) is 0 Å². The van der Waals surface area contributed by atoms with E-state index in [-0.39, 0.29) is 0 Å². The maximum atomic E-state index is 13.2. The van der Waals surface area contributed by atoms with E-state index in [1.165, 1.54) is 6.07 Å². The Morgan fingerprint density at radius 1 is 0.574 bits per heavy atom. The summed E-state index contributed by atoms with van der Waals surface area (Å²) in [7, 11) is 0. The fourth-order valence-corrected chi connectivity index (χ4v) is 5.48. The Morgan fingerprint density at radius 3 is 1.55 bits per heavy atom. The maximum Gasteiger partial charge on any atom is 0.256 e. The van der Waals surface area contributed by atoms with Crippen molar-refractivity contribution in [2.75, 3.05) is 36.9 Å². The summed E-state index contributed by atoms with van der Waals surface area (Å²) in [5.74, 6) is 0.915. The van der Waals surface area contributed by atoms with Gasteiger partial charge in [0.1, 0.15) is 11.6 Å². The third-order valence-electron chi connectivity index (χ3n) is 8.08. The van der Waals surface area contributed by atoms with E-state index in [4.69, 9.17) is 9.47 Å². The van der Waals surface area contributed by atoms with Gasteiger partial charge in [-0.15, -0.1) is 0 Å². The van der Waals surface area contributed by atoms with Gasteiger partial charge in [-0.05, 0) is 119 Å². The monoisotopic (exact) mass is 633 g/mol. The number of aromatic nitrogens is 4. The second-order valence-electron chi connectivity index (χ2n) is 11.7. The van der Waals surface area contributed by atoms with Crippen molar-refractivity contribution in [3.8, 4) is 11.8 Å². The smallest absolute Gasteiger partial charge is 0.256 e. The van der Waals surface area contributed by atoms with Gasteiger partial charge >= 0.3 is 0 Å². The number of carbonyl (C=O) groups is 2. The average molecular weight is 634 g/mol. The van der Waals surface area contributed by atoms with E-state index in [0.29, 0.717) is 59.0 Å². The fraction of sp³-hybridized carbons (Fsp3) is 0.333. The molecule has 0 radical (unpaired) electrons. The number of fused-ring (bicyclic) bond motifs is 6. The Morgan fingerprint density at radius 2 is 1.06 bits per heavy atom. The van der Waals surface area contributed by atoms with Crippen LogP contribution in [0.2, 0.25) is 0 Å². The Balaban J connectivity index is 1.22. The summed E-state index contributed by atoms with van der Waals surface area (Å²) < 4.78 is 11.9. The lowest BCUT2D eigenvalue weighted by atomic mass is 10.1. The highest BCUT2D eigenvalue weighted by molar-refractivity contribution is 6.08. The molecule has 47 heavy (non-hydrogen) atoms. The molecule has 0 aliphatic carbocycles.